The third kappa shape index (κ3) is 2.60. The summed E-state index contributed by atoms with van der Waals surface area (Å²) in [6, 6.07) is 6.24. The number of aryl methyl sites for hydroxylation is 1. The zero-order chi connectivity index (χ0) is 13.2. The number of nitrogens with one attached hydrogen (secondary N) is 2. The lowest BCUT2D eigenvalue weighted by Gasteiger charge is -2.20. The van der Waals surface area contributed by atoms with Crippen molar-refractivity contribution in [2.75, 3.05) is 17.2 Å². The Labute approximate surface area is 114 Å². The average Bonchev–Trinajstić information content (AvgIpc) is 2.85. The van der Waals surface area contributed by atoms with E-state index in [4.69, 9.17) is 0 Å². The number of carbonyl (C=O) groups excluding carboxylic acids is 1. The maximum absolute atomic E-state index is 12.3. The summed E-state index contributed by atoms with van der Waals surface area (Å²) in [4.78, 5) is 12.3. The first-order valence-electron chi connectivity index (χ1n) is 7.42. The quantitative estimate of drug-likeness (QED) is 0.853. The predicted molar refractivity (Wildman–Crippen MR) is 78.4 cm³/mol. The molecule has 2 N–H and O–H groups in total. The number of hydrogen-bond acceptors (Lipinski definition) is 2. The summed E-state index contributed by atoms with van der Waals surface area (Å²) in [6.45, 7) is 3.22. The van der Waals surface area contributed by atoms with Crippen LogP contribution in [-0.4, -0.2) is 12.5 Å². The van der Waals surface area contributed by atoms with Gasteiger partial charge in [0.25, 0.3) is 0 Å². The predicted octanol–water partition coefficient (Wildman–Crippen LogP) is 3.42. The Hall–Kier alpha value is -1.51. The van der Waals surface area contributed by atoms with E-state index in [-0.39, 0.29) is 11.8 Å². The summed E-state index contributed by atoms with van der Waals surface area (Å²) in [5, 5.41) is 6.49. The molecule has 0 radical (unpaired) electrons. The van der Waals surface area contributed by atoms with Crippen molar-refractivity contribution in [3.8, 4) is 0 Å². The van der Waals surface area contributed by atoms with Crippen LogP contribution in [0.15, 0.2) is 18.2 Å². The van der Waals surface area contributed by atoms with E-state index in [1.54, 1.807) is 0 Å². The molecule has 3 heteroatoms. The molecule has 2 unspecified atom stereocenters. The van der Waals surface area contributed by atoms with Crippen LogP contribution < -0.4 is 10.6 Å². The zero-order valence-electron chi connectivity index (χ0n) is 11.5. The van der Waals surface area contributed by atoms with E-state index in [1.165, 1.54) is 30.5 Å². The number of fused-ring (bicyclic) bond motifs is 1. The van der Waals surface area contributed by atoms with Crippen LogP contribution in [0.25, 0.3) is 0 Å². The normalized spacial score (nSPS) is 25.5. The van der Waals surface area contributed by atoms with Crippen molar-refractivity contribution in [1.29, 1.82) is 0 Å². The van der Waals surface area contributed by atoms with Crippen LogP contribution in [0.2, 0.25) is 0 Å². The van der Waals surface area contributed by atoms with Gasteiger partial charge in [0.15, 0.2) is 0 Å². The Morgan fingerprint density at radius 3 is 3.00 bits per heavy atom. The molecule has 1 aliphatic carbocycles. The molecule has 1 aromatic rings. The van der Waals surface area contributed by atoms with Crippen molar-refractivity contribution in [3.63, 3.8) is 0 Å². The van der Waals surface area contributed by atoms with Crippen molar-refractivity contribution < 1.29 is 4.79 Å². The van der Waals surface area contributed by atoms with Gasteiger partial charge in [0.1, 0.15) is 0 Å². The fraction of sp³-hybridized carbons (Fsp3) is 0.562. The van der Waals surface area contributed by atoms with E-state index in [2.05, 4.69) is 29.7 Å². The minimum absolute atomic E-state index is 0.195. The van der Waals surface area contributed by atoms with E-state index < -0.39 is 0 Å². The number of hydrogen-bond donors (Lipinski definition) is 2. The standard InChI is InChI=1S/C16H22N2O/c1-11-4-2-6-14(11)16(19)18-13-8-7-12-5-3-9-17-15(12)10-13/h7-8,10-11,14,17H,2-6,9H2,1H3,(H,18,19). The lowest BCUT2D eigenvalue weighted by atomic mass is 9.97. The minimum atomic E-state index is 0.195. The van der Waals surface area contributed by atoms with Crippen molar-refractivity contribution in [2.45, 2.75) is 39.0 Å². The fourth-order valence-electron chi connectivity index (χ4n) is 3.31. The van der Waals surface area contributed by atoms with E-state index in [9.17, 15) is 4.79 Å². The monoisotopic (exact) mass is 258 g/mol. The molecule has 0 aromatic heterocycles. The van der Waals surface area contributed by atoms with Gasteiger partial charge < -0.3 is 10.6 Å². The molecular formula is C16H22N2O. The number of carbonyl (C=O) groups is 1. The van der Waals surface area contributed by atoms with Crippen molar-refractivity contribution in [1.82, 2.24) is 0 Å². The molecule has 102 valence electrons. The number of anilines is 2. The summed E-state index contributed by atoms with van der Waals surface area (Å²) in [6.07, 6.45) is 5.74. The second kappa shape index (κ2) is 5.24. The van der Waals surface area contributed by atoms with Crippen LogP contribution in [-0.2, 0) is 11.2 Å². The molecule has 1 fully saturated rings. The number of amides is 1. The fourth-order valence-corrected chi connectivity index (χ4v) is 3.31. The van der Waals surface area contributed by atoms with E-state index >= 15 is 0 Å². The lowest BCUT2D eigenvalue weighted by Crippen LogP contribution is -2.24. The second-order valence-corrected chi connectivity index (χ2v) is 5.91. The highest BCUT2D eigenvalue weighted by Gasteiger charge is 2.29. The Kier molecular flexibility index (Phi) is 3.45. The van der Waals surface area contributed by atoms with Gasteiger partial charge in [-0.1, -0.05) is 19.4 Å². The van der Waals surface area contributed by atoms with Crippen LogP contribution >= 0.6 is 0 Å². The van der Waals surface area contributed by atoms with E-state index in [1.807, 2.05) is 6.07 Å². The molecule has 0 spiro atoms. The maximum atomic E-state index is 12.3. The highest BCUT2D eigenvalue weighted by atomic mass is 16.1. The molecule has 1 heterocycles. The maximum Gasteiger partial charge on any atom is 0.227 e. The molecular weight excluding hydrogens is 236 g/mol. The van der Waals surface area contributed by atoms with Gasteiger partial charge >= 0.3 is 0 Å². The number of benzene rings is 1. The van der Waals surface area contributed by atoms with Gasteiger partial charge in [0.05, 0.1) is 0 Å². The first-order valence-corrected chi connectivity index (χ1v) is 7.42. The van der Waals surface area contributed by atoms with Crippen molar-refractivity contribution >= 4 is 17.3 Å². The van der Waals surface area contributed by atoms with Gasteiger partial charge in [-0.25, -0.2) is 0 Å². The number of rotatable bonds is 2. The van der Waals surface area contributed by atoms with Crippen LogP contribution in [0.4, 0.5) is 11.4 Å². The molecule has 2 atom stereocenters. The van der Waals surface area contributed by atoms with Crippen molar-refractivity contribution in [3.05, 3.63) is 23.8 Å². The summed E-state index contributed by atoms with van der Waals surface area (Å²) < 4.78 is 0. The third-order valence-corrected chi connectivity index (χ3v) is 4.51. The summed E-state index contributed by atoms with van der Waals surface area (Å²) >= 11 is 0. The summed E-state index contributed by atoms with van der Waals surface area (Å²) in [7, 11) is 0. The molecule has 19 heavy (non-hydrogen) atoms. The Balaban J connectivity index is 1.71. The average molecular weight is 258 g/mol. The zero-order valence-corrected chi connectivity index (χ0v) is 11.5. The van der Waals surface area contributed by atoms with Crippen LogP contribution in [0.1, 0.15) is 38.2 Å². The van der Waals surface area contributed by atoms with Crippen LogP contribution in [0.5, 0.6) is 0 Å². The highest BCUT2D eigenvalue weighted by Crippen LogP contribution is 2.32. The third-order valence-electron chi connectivity index (χ3n) is 4.51. The molecule has 1 amide bonds. The Morgan fingerprint density at radius 2 is 2.21 bits per heavy atom. The summed E-state index contributed by atoms with van der Waals surface area (Å²) in [5.41, 5.74) is 3.47. The van der Waals surface area contributed by atoms with E-state index in [0.29, 0.717) is 5.92 Å². The van der Waals surface area contributed by atoms with Gasteiger partial charge in [-0.15, -0.1) is 0 Å². The molecule has 3 rings (SSSR count). The molecule has 3 nitrogen and oxygen atoms in total. The molecule has 2 aliphatic rings. The molecule has 1 saturated carbocycles. The minimum Gasteiger partial charge on any atom is -0.385 e. The molecule has 0 saturated heterocycles. The molecule has 1 aliphatic heterocycles. The Bertz CT molecular complexity index is 484. The molecule has 0 bridgehead atoms. The van der Waals surface area contributed by atoms with Gasteiger partial charge in [-0.2, -0.15) is 0 Å². The Morgan fingerprint density at radius 1 is 1.32 bits per heavy atom. The van der Waals surface area contributed by atoms with Crippen LogP contribution in [0, 0.1) is 11.8 Å². The summed E-state index contributed by atoms with van der Waals surface area (Å²) in [5.74, 6) is 0.917. The second-order valence-electron chi connectivity index (χ2n) is 5.91. The first-order chi connectivity index (χ1) is 9.24. The van der Waals surface area contributed by atoms with E-state index in [0.717, 1.165) is 25.1 Å². The van der Waals surface area contributed by atoms with Gasteiger partial charge in [-0.3, -0.25) is 4.79 Å². The van der Waals surface area contributed by atoms with Gasteiger partial charge in [-0.05, 0) is 49.3 Å². The lowest BCUT2D eigenvalue weighted by molar-refractivity contribution is -0.120. The van der Waals surface area contributed by atoms with Crippen LogP contribution in [0.3, 0.4) is 0 Å². The van der Waals surface area contributed by atoms with Gasteiger partial charge in [0.2, 0.25) is 5.91 Å². The smallest absolute Gasteiger partial charge is 0.227 e. The highest BCUT2D eigenvalue weighted by molar-refractivity contribution is 5.93. The SMILES string of the molecule is CC1CCCC1C(=O)Nc1ccc2c(c1)NCCC2. The van der Waals surface area contributed by atoms with Gasteiger partial charge in [0, 0.05) is 23.8 Å². The topological polar surface area (TPSA) is 41.1 Å². The molecule has 1 aromatic carbocycles. The largest absolute Gasteiger partial charge is 0.385 e. The van der Waals surface area contributed by atoms with Crippen molar-refractivity contribution in [2.24, 2.45) is 11.8 Å². The first kappa shape index (κ1) is 12.5.